The Morgan fingerprint density at radius 1 is 1.14 bits per heavy atom. The third-order valence-electron chi connectivity index (χ3n) is 6.50. The number of likely N-dealkylation sites (N-methyl/N-ethyl adjacent to an activating group) is 1. The number of rotatable bonds is 4. The van der Waals surface area contributed by atoms with Gasteiger partial charge in [0.05, 0.1) is 24.4 Å². The molecule has 2 saturated heterocycles. The number of fused-ring (bicyclic) bond motifs is 3. The van der Waals surface area contributed by atoms with Crippen molar-refractivity contribution in [1.29, 1.82) is 0 Å². The quantitative estimate of drug-likeness (QED) is 0.693. The van der Waals surface area contributed by atoms with Crippen molar-refractivity contribution in [2.24, 2.45) is 0 Å². The van der Waals surface area contributed by atoms with Gasteiger partial charge >= 0.3 is 6.03 Å². The van der Waals surface area contributed by atoms with E-state index in [2.05, 4.69) is 15.5 Å². The number of amides is 3. The van der Waals surface area contributed by atoms with Crippen LogP contribution in [0.1, 0.15) is 44.0 Å². The average Bonchev–Trinajstić information content (AvgIpc) is 3.11. The number of carbonyl (C=O) groups excluding carboxylic acids is 2. The van der Waals surface area contributed by atoms with Crippen molar-refractivity contribution in [1.82, 2.24) is 20.2 Å². The summed E-state index contributed by atoms with van der Waals surface area (Å²) in [6.07, 6.45) is 2.41. The van der Waals surface area contributed by atoms with Crippen LogP contribution in [0.3, 0.4) is 0 Å². The number of anilines is 2. The van der Waals surface area contributed by atoms with E-state index in [-0.39, 0.29) is 24.1 Å². The number of carbonyl (C=O) groups is 2. The molecule has 2 aromatic rings. The lowest BCUT2D eigenvalue weighted by Crippen LogP contribution is -2.43. The fourth-order valence-electron chi connectivity index (χ4n) is 5.00. The Morgan fingerprint density at radius 2 is 1.83 bits per heavy atom. The highest BCUT2D eigenvalue weighted by Crippen LogP contribution is 2.37. The zero-order valence-corrected chi connectivity index (χ0v) is 20.6. The molecular weight excluding hydrogens is 448 g/mol. The molecule has 2 bridgehead atoms. The average molecular weight is 481 g/mol. The second-order valence-corrected chi connectivity index (χ2v) is 10.00. The zero-order valence-electron chi connectivity index (χ0n) is 20.6. The number of benzene rings is 1. The summed E-state index contributed by atoms with van der Waals surface area (Å²) in [6.45, 7) is 8.14. The van der Waals surface area contributed by atoms with Gasteiger partial charge in [-0.25, -0.2) is 9.78 Å². The van der Waals surface area contributed by atoms with Crippen molar-refractivity contribution in [2.75, 3.05) is 43.4 Å². The van der Waals surface area contributed by atoms with E-state index in [0.29, 0.717) is 55.0 Å². The van der Waals surface area contributed by atoms with Gasteiger partial charge in [-0.05, 0) is 45.7 Å². The monoisotopic (exact) mass is 480 g/mol. The summed E-state index contributed by atoms with van der Waals surface area (Å²) in [5.74, 6) is 0.656. The first kappa shape index (κ1) is 23.3. The van der Waals surface area contributed by atoms with Gasteiger partial charge in [-0.2, -0.15) is 4.98 Å². The SMILES string of the molecule is CCNC(=O)Nc1ccc(-c2nc(N3CC4CCC(C3)O4)nc3c2C(=O)N(C)CC(C)(C)O3)cc1. The van der Waals surface area contributed by atoms with Crippen LogP contribution in [-0.2, 0) is 4.74 Å². The standard InChI is InChI=1S/C25H32N6O4/c1-5-26-24(33)27-16-8-6-15(7-9-16)20-19-21(35-25(2,3)14-30(4)22(19)32)29-23(28-20)31-12-17-10-11-18(13-31)34-17/h6-9,17-18H,5,10-14H2,1-4H3,(H2,26,27,33). The summed E-state index contributed by atoms with van der Waals surface area (Å²) < 4.78 is 12.3. The molecule has 0 saturated carbocycles. The fraction of sp³-hybridized carbons (Fsp3) is 0.520. The largest absolute Gasteiger partial charge is 0.469 e. The van der Waals surface area contributed by atoms with Crippen LogP contribution in [0.15, 0.2) is 24.3 Å². The maximum absolute atomic E-state index is 13.5. The van der Waals surface area contributed by atoms with Crippen LogP contribution in [0.4, 0.5) is 16.4 Å². The van der Waals surface area contributed by atoms with Crippen LogP contribution < -0.4 is 20.3 Å². The summed E-state index contributed by atoms with van der Waals surface area (Å²) in [4.78, 5) is 38.8. The van der Waals surface area contributed by atoms with Crippen molar-refractivity contribution < 1.29 is 19.1 Å². The first-order chi connectivity index (χ1) is 16.7. The normalized spacial score (nSPS) is 22.8. The zero-order chi connectivity index (χ0) is 24.7. The summed E-state index contributed by atoms with van der Waals surface area (Å²) in [6, 6.07) is 7.01. The molecule has 35 heavy (non-hydrogen) atoms. The van der Waals surface area contributed by atoms with Crippen LogP contribution in [0.25, 0.3) is 11.3 Å². The summed E-state index contributed by atoms with van der Waals surface area (Å²) in [5.41, 5.74) is 1.65. The second kappa shape index (κ2) is 8.99. The number of morpholine rings is 1. The van der Waals surface area contributed by atoms with E-state index in [0.717, 1.165) is 18.4 Å². The van der Waals surface area contributed by atoms with E-state index in [1.54, 1.807) is 24.1 Å². The maximum Gasteiger partial charge on any atom is 0.319 e. The van der Waals surface area contributed by atoms with Crippen molar-refractivity contribution in [3.63, 3.8) is 0 Å². The number of nitrogens with zero attached hydrogens (tertiary/aromatic N) is 4. The number of nitrogens with one attached hydrogen (secondary N) is 2. The van der Waals surface area contributed by atoms with Gasteiger partial charge < -0.3 is 29.9 Å². The first-order valence-corrected chi connectivity index (χ1v) is 12.1. The molecule has 2 atom stereocenters. The van der Waals surface area contributed by atoms with Gasteiger partial charge in [-0.3, -0.25) is 4.79 Å². The Bertz CT molecular complexity index is 1120. The fourth-order valence-corrected chi connectivity index (χ4v) is 5.00. The Hall–Kier alpha value is -3.40. The minimum Gasteiger partial charge on any atom is -0.469 e. The molecule has 4 heterocycles. The predicted molar refractivity (Wildman–Crippen MR) is 132 cm³/mol. The van der Waals surface area contributed by atoms with E-state index in [1.807, 2.05) is 32.9 Å². The van der Waals surface area contributed by atoms with Crippen LogP contribution in [0.2, 0.25) is 0 Å². The number of urea groups is 1. The number of ether oxygens (including phenoxy) is 2. The molecule has 3 amide bonds. The third kappa shape index (κ3) is 4.75. The topological polar surface area (TPSA) is 109 Å². The van der Waals surface area contributed by atoms with Crippen molar-refractivity contribution in [3.05, 3.63) is 29.8 Å². The Labute approximate surface area is 205 Å². The van der Waals surface area contributed by atoms with Gasteiger partial charge in [0.1, 0.15) is 11.2 Å². The molecule has 5 rings (SSSR count). The van der Waals surface area contributed by atoms with Gasteiger partial charge in [-0.15, -0.1) is 0 Å². The van der Waals surface area contributed by atoms with Gasteiger partial charge in [0, 0.05) is 37.9 Å². The molecular formula is C25H32N6O4. The molecule has 2 fully saturated rings. The lowest BCUT2D eigenvalue weighted by molar-refractivity contribution is 0.0297. The molecule has 3 aliphatic rings. The van der Waals surface area contributed by atoms with E-state index < -0.39 is 5.60 Å². The smallest absolute Gasteiger partial charge is 0.319 e. The maximum atomic E-state index is 13.5. The second-order valence-electron chi connectivity index (χ2n) is 10.00. The molecule has 10 nitrogen and oxygen atoms in total. The molecule has 0 radical (unpaired) electrons. The minimum absolute atomic E-state index is 0.171. The lowest BCUT2D eigenvalue weighted by Gasteiger charge is -2.33. The van der Waals surface area contributed by atoms with E-state index in [4.69, 9.17) is 19.4 Å². The lowest BCUT2D eigenvalue weighted by atomic mass is 10.1. The molecule has 1 aromatic heterocycles. The summed E-state index contributed by atoms with van der Waals surface area (Å²) in [7, 11) is 1.76. The summed E-state index contributed by atoms with van der Waals surface area (Å²) in [5, 5.41) is 5.50. The van der Waals surface area contributed by atoms with Gasteiger partial charge in [0.15, 0.2) is 0 Å². The summed E-state index contributed by atoms with van der Waals surface area (Å²) >= 11 is 0. The van der Waals surface area contributed by atoms with Gasteiger partial charge in [-0.1, -0.05) is 12.1 Å². The Morgan fingerprint density at radius 3 is 2.49 bits per heavy atom. The van der Waals surface area contributed by atoms with Gasteiger partial charge in [0.2, 0.25) is 11.8 Å². The van der Waals surface area contributed by atoms with Crippen LogP contribution in [0.5, 0.6) is 5.88 Å². The molecule has 186 valence electrons. The Balaban J connectivity index is 1.57. The molecule has 0 aliphatic carbocycles. The highest BCUT2D eigenvalue weighted by molar-refractivity contribution is 6.02. The molecule has 2 N–H and O–H groups in total. The van der Waals surface area contributed by atoms with E-state index in [1.165, 1.54) is 0 Å². The van der Waals surface area contributed by atoms with Gasteiger partial charge in [0.25, 0.3) is 5.91 Å². The first-order valence-electron chi connectivity index (χ1n) is 12.1. The minimum atomic E-state index is -0.608. The molecule has 1 aromatic carbocycles. The van der Waals surface area contributed by atoms with E-state index in [9.17, 15) is 9.59 Å². The van der Waals surface area contributed by atoms with E-state index >= 15 is 0 Å². The number of aromatic nitrogens is 2. The predicted octanol–water partition coefficient (Wildman–Crippen LogP) is 2.90. The number of hydrogen-bond donors (Lipinski definition) is 2. The Kier molecular flexibility index (Phi) is 6.00. The van der Waals surface area contributed by atoms with Crippen LogP contribution in [-0.4, -0.2) is 77.8 Å². The molecule has 0 spiro atoms. The van der Waals surface area contributed by atoms with Crippen molar-refractivity contribution in [3.8, 4) is 17.1 Å². The van der Waals surface area contributed by atoms with Crippen molar-refractivity contribution >= 4 is 23.6 Å². The third-order valence-corrected chi connectivity index (χ3v) is 6.50. The molecule has 10 heteroatoms. The highest BCUT2D eigenvalue weighted by Gasteiger charge is 2.39. The molecule has 2 unspecified atom stereocenters. The van der Waals surface area contributed by atoms with Crippen LogP contribution >= 0.6 is 0 Å². The molecule has 3 aliphatic heterocycles. The number of hydrogen-bond acceptors (Lipinski definition) is 7. The van der Waals surface area contributed by atoms with Crippen LogP contribution in [0, 0.1) is 0 Å². The van der Waals surface area contributed by atoms with Crippen molar-refractivity contribution in [2.45, 2.75) is 51.4 Å². The highest BCUT2D eigenvalue weighted by atomic mass is 16.5.